The van der Waals surface area contributed by atoms with Gasteiger partial charge in [0.2, 0.25) is 5.91 Å². The van der Waals surface area contributed by atoms with E-state index in [9.17, 15) is 4.79 Å². The summed E-state index contributed by atoms with van der Waals surface area (Å²) in [5.41, 5.74) is 5.20. The number of likely N-dealkylation sites (tertiary alicyclic amines) is 1. The van der Waals surface area contributed by atoms with Crippen molar-refractivity contribution in [1.29, 1.82) is 0 Å². The average molecular weight is 221 g/mol. The monoisotopic (exact) mass is 220 g/mol. The van der Waals surface area contributed by atoms with Gasteiger partial charge in [0.25, 0.3) is 0 Å². The molecule has 1 saturated heterocycles. The zero-order valence-corrected chi connectivity index (χ0v) is 10.3. The maximum atomic E-state index is 11.9. The fourth-order valence-corrected chi connectivity index (χ4v) is 1.50. The van der Waals surface area contributed by atoms with Crippen molar-refractivity contribution >= 4 is 18.3 Å². The van der Waals surface area contributed by atoms with E-state index in [2.05, 4.69) is 13.8 Å². The van der Waals surface area contributed by atoms with Crippen molar-refractivity contribution in [3.8, 4) is 0 Å². The van der Waals surface area contributed by atoms with E-state index in [-0.39, 0.29) is 23.9 Å². The average Bonchev–Trinajstić information content (AvgIpc) is 2.02. The number of nitrogens with zero attached hydrogens (tertiary/aromatic N) is 1. The minimum atomic E-state index is -0.405. The van der Waals surface area contributed by atoms with Crippen LogP contribution < -0.4 is 5.73 Å². The van der Waals surface area contributed by atoms with Crippen LogP contribution in [0.4, 0.5) is 0 Å². The first kappa shape index (κ1) is 13.7. The standard InChI is InChI=1S/C10H20N2O.ClH/c1-9(2,7-11)8(13)12-6-5-10(12,3)4;/h5-7,11H2,1-4H3;1H. The van der Waals surface area contributed by atoms with Crippen molar-refractivity contribution in [2.24, 2.45) is 11.1 Å². The molecule has 1 rings (SSSR count). The molecule has 4 heteroatoms. The van der Waals surface area contributed by atoms with E-state index in [0.717, 1.165) is 13.0 Å². The summed E-state index contributed by atoms with van der Waals surface area (Å²) in [6.45, 7) is 9.31. The lowest BCUT2D eigenvalue weighted by Crippen LogP contribution is -2.62. The summed E-state index contributed by atoms with van der Waals surface area (Å²) in [5, 5.41) is 0. The molecule has 0 aliphatic carbocycles. The van der Waals surface area contributed by atoms with Gasteiger partial charge in [-0.1, -0.05) is 0 Å². The van der Waals surface area contributed by atoms with Gasteiger partial charge in [-0.2, -0.15) is 0 Å². The number of carbonyl (C=O) groups is 1. The molecule has 1 aliphatic rings. The molecule has 0 radical (unpaired) electrons. The molecule has 3 nitrogen and oxygen atoms in total. The number of hydrogen-bond donors (Lipinski definition) is 1. The van der Waals surface area contributed by atoms with Crippen LogP contribution in [0.25, 0.3) is 0 Å². The number of carbonyl (C=O) groups excluding carboxylic acids is 1. The molecule has 2 N–H and O–H groups in total. The Kier molecular flexibility index (Phi) is 3.99. The number of halogens is 1. The van der Waals surface area contributed by atoms with Crippen LogP contribution in [0.2, 0.25) is 0 Å². The summed E-state index contributed by atoms with van der Waals surface area (Å²) in [4.78, 5) is 13.9. The van der Waals surface area contributed by atoms with Crippen molar-refractivity contribution in [2.75, 3.05) is 13.1 Å². The van der Waals surface area contributed by atoms with Crippen LogP contribution in [-0.2, 0) is 4.79 Å². The number of nitrogens with two attached hydrogens (primary N) is 1. The minimum Gasteiger partial charge on any atom is -0.337 e. The van der Waals surface area contributed by atoms with E-state index in [4.69, 9.17) is 5.73 Å². The second kappa shape index (κ2) is 4.07. The Morgan fingerprint density at radius 3 is 2.21 bits per heavy atom. The van der Waals surface area contributed by atoms with Gasteiger partial charge >= 0.3 is 0 Å². The molecule has 1 heterocycles. The van der Waals surface area contributed by atoms with Crippen LogP contribution in [-0.4, -0.2) is 29.4 Å². The van der Waals surface area contributed by atoms with Gasteiger partial charge in [0.05, 0.1) is 5.41 Å². The van der Waals surface area contributed by atoms with E-state index < -0.39 is 5.41 Å². The van der Waals surface area contributed by atoms with Gasteiger partial charge in [0.1, 0.15) is 0 Å². The highest BCUT2D eigenvalue weighted by Crippen LogP contribution is 2.33. The fraction of sp³-hybridized carbons (Fsp3) is 0.900. The SMILES string of the molecule is CC(C)(CN)C(=O)N1CCC1(C)C.Cl. The maximum absolute atomic E-state index is 11.9. The molecule has 14 heavy (non-hydrogen) atoms. The van der Waals surface area contributed by atoms with Crippen LogP contribution in [0.3, 0.4) is 0 Å². The topological polar surface area (TPSA) is 46.3 Å². The highest BCUT2D eigenvalue weighted by atomic mass is 35.5. The maximum Gasteiger partial charge on any atom is 0.229 e. The molecular weight excluding hydrogens is 200 g/mol. The summed E-state index contributed by atoms with van der Waals surface area (Å²) in [6.07, 6.45) is 1.10. The van der Waals surface area contributed by atoms with Gasteiger partial charge in [-0.05, 0) is 34.1 Å². The molecule has 1 fully saturated rings. The van der Waals surface area contributed by atoms with E-state index in [0.29, 0.717) is 6.54 Å². The van der Waals surface area contributed by atoms with Gasteiger partial charge < -0.3 is 10.6 Å². The molecule has 84 valence electrons. The number of hydrogen-bond acceptors (Lipinski definition) is 2. The van der Waals surface area contributed by atoms with Crippen LogP contribution in [0.1, 0.15) is 34.1 Å². The smallest absolute Gasteiger partial charge is 0.229 e. The van der Waals surface area contributed by atoms with Crippen molar-refractivity contribution < 1.29 is 4.79 Å². The first-order valence-electron chi connectivity index (χ1n) is 4.83. The number of amides is 1. The highest BCUT2D eigenvalue weighted by Gasteiger charge is 2.43. The van der Waals surface area contributed by atoms with E-state index in [1.165, 1.54) is 0 Å². The van der Waals surface area contributed by atoms with Crippen molar-refractivity contribution in [1.82, 2.24) is 4.90 Å². The predicted octanol–water partition coefficient (Wildman–Crippen LogP) is 1.40. The molecule has 0 aromatic rings. The third-order valence-electron chi connectivity index (χ3n) is 3.01. The van der Waals surface area contributed by atoms with Crippen LogP contribution >= 0.6 is 12.4 Å². The quantitative estimate of drug-likeness (QED) is 0.765. The van der Waals surface area contributed by atoms with Crippen molar-refractivity contribution in [2.45, 2.75) is 39.7 Å². The van der Waals surface area contributed by atoms with Crippen LogP contribution in [0.5, 0.6) is 0 Å². The molecule has 0 unspecified atom stereocenters. The molecule has 1 aliphatic heterocycles. The summed E-state index contributed by atoms with van der Waals surface area (Å²) < 4.78 is 0. The molecule has 1 amide bonds. The first-order valence-corrected chi connectivity index (χ1v) is 4.83. The van der Waals surface area contributed by atoms with Crippen molar-refractivity contribution in [3.05, 3.63) is 0 Å². The summed E-state index contributed by atoms with van der Waals surface area (Å²) >= 11 is 0. The predicted molar refractivity (Wildman–Crippen MR) is 60.5 cm³/mol. The molecule has 0 bridgehead atoms. The zero-order chi connectivity index (χ0) is 10.3. The van der Waals surface area contributed by atoms with Crippen LogP contribution in [0, 0.1) is 5.41 Å². The third kappa shape index (κ3) is 2.20. The molecule has 0 spiro atoms. The fourth-order valence-electron chi connectivity index (χ4n) is 1.50. The summed E-state index contributed by atoms with van der Waals surface area (Å²) in [5.74, 6) is 0.186. The second-order valence-electron chi connectivity index (χ2n) is 5.11. The Labute approximate surface area is 92.4 Å². The Morgan fingerprint density at radius 1 is 1.50 bits per heavy atom. The first-order chi connectivity index (χ1) is 5.81. The zero-order valence-electron chi connectivity index (χ0n) is 9.46. The molecular formula is C10H21ClN2O. The van der Waals surface area contributed by atoms with Gasteiger partial charge in [0, 0.05) is 18.6 Å². The third-order valence-corrected chi connectivity index (χ3v) is 3.01. The highest BCUT2D eigenvalue weighted by molar-refractivity contribution is 5.85. The van der Waals surface area contributed by atoms with E-state index >= 15 is 0 Å². The van der Waals surface area contributed by atoms with Gasteiger partial charge in [-0.3, -0.25) is 4.79 Å². The molecule has 0 aromatic heterocycles. The summed E-state index contributed by atoms with van der Waals surface area (Å²) in [7, 11) is 0. The Morgan fingerprint density at radius 2 is 2.00 bits per heavy atom. The van der Waals surface area contributed by atoms with Crippen LogP contribution in [0.15, 0.2) is 0 Å². The van der Waals surface area contributed by atoms with Gasteiger partial charge in [-0.25, -0.2) is 0 Å². The normalized spacial score (nSPS) is 19.6. The number of rotatable bonds is 2. The molecule has 0 saturated carbocycles. The Balaban J connectivity index is 0.00000169. The second-order valence-corrected chi connectivity index (χ2v) is 5.11. The lowest BCUT2D eigenvalue weighted by molar-refractivity contribution is -0.153. The van der Waals surface area contributed by atoms with E-state index in [1.54, 1.807) is 0 Å². The van der Waals surface area contributed by atoms with Crippen molar-refractivity contribution in [3.63, 3.8) is 0 Å². The van der Waals surface area contributed by atoms with E-state index in [1.807, 2.05) is 18.7 Å². The largest absolute Gasteiger partial charge is 0.337 e. The Bertz CT molecular complexity index is 226. The lowest BCUT2D eigenvalue weighted by atomic mass is 9.83. The summed E-state index contributed by atoms with van der Waals surface area (Å²) in [6, 6.07) is 0. The Hall–Kier alpha value is -0.280. The lowest BCUT2D eigenvalue weighted by Gasteiger charge is -2.51. The van der Waals surface area contributed by atoms with Gasteiger partial charge in [0.15, 0.2) is 0 Å². The molecule has 0 atom stereocenters. The van der Waals surface area contributed by atoms with Gasteiger partial charge in [-0.15, -0.1) is 12.4 Å². The molecule has 0 aromatic carbocycles. The minimum absolute atomic E-state index is 0.